The minimum atomic E-state index is -0.614. The van der Waals surface area contributed by atoms with Crippen molar-refractivity contribution < 1.29 is 14.3 Å². The average Bonchev–Trinajstić information content (AvgIpc) is 3.12. The molecule has 2 heterocycles. The number of esters is 1. The molecule has 162 valence electrons. The van der Waals surface area contributed by atoms with Gasteiger partial charge in [0.05, 0.1) is 36.1 Å². The lowest BCUT2D eigenvalue weighted by Gasteiger charge is -2.21. The number of rotatable bonds is 5. The van der Waals surface area contributed by atoms with Crippen molar-refractivity contribution in [3.05, 3.63) is 103 Å². The Morgan fingerprint density at radius 3 is 2.44 bits per heavy atom. The molecule has 1 unspecified atom stereocenters. The highest BCUT2D eigenvalue weighted by Crippen LogP contribution is 2.26. The van der Waals surface area contributed by atoms with Crippen molar-refractivity contribution in [2.45, 2.75) is 13.0 Å². The number of methoxy groups -OCH3 is 2. The first-order chi connectivity index (χ1) is 15.5. The first kappa shape index (κ1) is 21.5. The molecule has 0 bridgehead atoms. The van der Waals surface area contributed by atoms with Gasteiger partial charge in [0.25, 0.3) is 5.56 Å². The molecule has 0 radical (unpaired) electrons. The lowest BCUT2D eigenvalue weighted by atomic mass is 10.0. The minimum Gasteiger partial charge on any atom is -0.497 e. The van der Waals surface area contributed by atoms with Gasteiger partial charge in [-0.25, -0.2) is 9.79 Å². The highest BCUT2D eigenvalue weighted by atomic mass is 32.1. The molecule has 32 heavy (non-hydrogen) atoms. The molecular weight excluding hydrogens is 424 g/mol. The van der Waals surface area contributed by atoms with Gasteiger partial charge < -0.3 is 9.47 Å². The SMILES string of the molecule is COC(=O)C1=C(C)N=c2s/c(=C\c3ccc(OC)cc3)c(=O)n2C1/C=C/c1ccccc1. The van der Waals surface area contributed by atoms with E-state index >= 15 is 0 Å². The van der Waals surface area contributed by atoms with Crippen LogP contribution in [0, 0.1) is 0 Å². The lowest BCUT2D eigenvalue weighted by molar-refractivity contribution is -0.136. The Hall–Kier alpha value is -3.71. The van der Waals surface area contributed by atoms with Crippen LogP contribution in [0.1, 0.15) is 24.1 Å². The summed E-state index contributed by atoms with van der Waals surface area (Å²) in [6.45, 7) is 1.76. The van der Waals surface area contributed by atoms with Gasteiger partial charge in [0, 0.05) is 0 Å². The molecule has 3 aromatic rings. The number of benzene rings is 2. The van der Waals surface area contributed by atoms with Crippen LogP contribution in [0.15, 0.2) is 81.7 Å². The monoisotopic (exact) mass is 446 g/mol. The van der Waals surface area contributed by atoms with Crippen molar-refractivity contribution in [3.63, 3.8) is 0 Å². The number of carbonyl (C=O) groups is 1. The Bertz CT molecular complexity index is 1380. The summed E-state index contributed by atoms with van der Waals surface area (Å²) in [4.78, 5) is 31.0. The Balaban J connectivity index is 1.85. The number of hydrogen-bond donors (Lipinski definition) is 0. The summed E-state index contributed by atoms with van der Waals surface area (Å²) in [5.74, 6) is 0.242. The number of fused-ring (bicyclic) bond motifs is 1. The Morgan fingerprint density at radius 2 is 1.78 bits per heavy atom. The molecule has 0 amide bonds. The predicted octanol–water partition coefficient (Wildman–Crippen LogP) is 3.08. The maximum atomic E-state index is 13.4. The maximum Gasteiger partial charge on any atom is 0.338 e. The predicted molar refractivity (Wildman–Crippen MR) is 125 cm³/mol. The van der Waals surface area contributed by atoms with Crippen LogP contribution in [0.4, 0.5) is 0 Å². The highest BCUT2D eigenvalue weighted by molar-refractivity contribution is 7.07. The van der Waals surface area contributed by atoms with E-state index in [4.69, 9.17) is 9.47 Å². The Labute approximate surface area is 189 Å². The molecule has 6 nitrogen and oxygen atoms in total. The van der Waals surface area contributed by atoms with E-state index < -0.39 is 12.0 Å². The van der Waals surface area contributed by atoms with Gasteiger partial charge in [-0.2, -0.15) is 0 Å². The fourth-order valence-corrected chi connectivity index (χ4v) is 4.59. The van der Waals surface area contributed by atoms with Gasteiger partial charge in [0.1, 0.15) is 5.75 Å². The van der Waals surface area contributed by atoms with Gasteiger partial charge in [-0.05, 0) is 36.3 Å². The van der Waals surface area contributed by atoms with Crippen molar-refractivity contribution >= 4 is 29.5 Å². The van der Waals surface area contributed by atoms with Crippen molar-refractivity contribution in [2.75, 3.05) is 14.2 Å². The molecule has 1 aliphatic rings. The third-order valence-corrected chi connectivity index (χ3v) is 6.14. The van der Waals surface area contributed by atoms with Crippen LogP contribution in [0.25, 0.3) is 12.2 Å². The summed E-state index contributed by atoms with van der Waals surface area (Å²) in [5.41, 5.74) is 2.52. The highest BCUT2D eigenvalue weighted by Gasteiger charge is 2.30. The van der Waals surface area contributed by atoms with E-state index in [1.54, 1.807) is 18.6 Å². The number of thiazole rings is 1. The van der Waals surface area contributed by atoms with Crippen LogP contribution in [0.5, 0.6) is 5.75 Å². The summed E-state index contributed by atoms with van der Waals surface area (Å²) >= 11 is 1.29. The second kappa shape index (κ2) is 9.20. The number of nitrogens with zero attached hydrogens (tertiary/aromatic N) is 2. The normalized spacial score (nSPS) is 16.1. The summed E-state index contributed by atoms with van der Waals surface area (Å²) in [6.07, 6.45) is 5.56. The summed E-state index contributed by atoms with van der Waals surface area (Å²) in [7, 11) is 2.94. The second-order valence-electron chi connectivity index (χ2n) is 7.16. The zero-order valence-electron chi connectivity index (χ0n) is 17.9. The zero-order chi connectivity index (χ0) is 22.7. The topological polar surface area (TPSA) is 69.9 Å². The standard InChI is InChI=1S/C25H22N2O4S/c1-16-22(24(29)31-3)20(14-11-17-7-5-4-6-8-17)27-23(28)21(32-25(27)26-16)15-18-9-12-19(30-2)13-10-18/h4-15,20H,1-3H3/b14-11+,21-15-. The van der Waals surface area contributed by atoms with E-state index in [0.29, 0.717) is 20.6 Å². The van der Waals surface area contributed by atoms with E-state index in [-0.39, 0.29) is 5.56 Å². The zero-order valence-corrected chi connectivity index (χ0v) is 18.8. The molecule has 4 rings (SSSR count). The fraction of sp³-hybridized carbons (Fsp3) is 0.160. The van der Waals surface area contributed by atoms with Crippen LogP contribution in [0.3, 0.4) is 0 Å². The number of aromatic nitrogens is 1. The van der Waals surface area contributed by atoms with Crippen LogP contribution in [-0.4, -0.2) is 24.8 Å². The molecule has 0 N–H and O–H groups in total. The Kier molecular flexibility index (Phi) is 6.18. The summed E-state index contributed by atoms with van der Waals surface area (Å²) in [5, 5.41) is 0. The minimum absolute atomic E-state index is 0.207. The van der Waals surface area contributed by atoms with Crippen LogP contribution in [-0.2, 0) is 9.53 Å². The van der Waals surface area contributed by atoms with Crippen LogP contribution >= 0.6 is 11.3 Å². The third kappa shape index (κ3) is 4.20. The first-order valence-corrected chi connectivity index (χ1v) is 10.8. The van der Waals surface area contributed by atoms with Crippen molar-refractivity contribution in [1.29, 1.82) is 0 Å². The molecule has 1 aliphatic heterocycles. The third-order valence-electron chi connectivity index (χ3n) is 5.15. The van der Waals surface area contributed by atoms with E-state index in [9.17, 15) is 9.59 Å². The Morgan fingerprint density at radius 1 is 1.06 bits per heavy atom. The van der Waals surface area contributed by atoms with E-state index in [1.807, 2.05) is 72.8 Å². The molecular formula is C25H22N2O4S. The first-order valence-electron chi connectivity index (χ1n) is 10.00. The molecule has 0 spiro atoms. The van der Waals surface area contributed by atoms with Crippen molar-refractivity contribution in [3.8, 4) is 5.75 Å². The fourth-order valence-electron chi connectivity index (χ4n) is 3.54. The molecule has 2 aromatic carbocycles. The van der Waals surface area contributed by atoms with Crippen LogP contribution in [0.2, 0.25) is 0 Å². The van der Waals surface area contributed by atoms with Crippen molar-refractivity contribution in [1.82, 2.24) is 4.57 Å². The molecule has 0 saturated heterocycles. The van der Waals surface area contributed by atoms with E-state index in [0.717, 1.165) is 16.9 Å². The van der Waals surface area contributed by atoms with Gasteiger partial charge in [0.2, 0.25) is 0 Å². The molecule has 1 atom stereocenters. The number of hydrogen-bond acceptors (Lipinski definition) is 6. The lowest BCUT2D eigenvalue weighted by Crippen LogP contribution is -2.38. The van der Waals surface area contributed by atoms with Gasteiger partial charge in [0.15, 0.2) is 4.80 Å². The quantitative estimate of drug-likeness (QED) is 0.565. The van der Waals surface area contributed by atoms with Gasteiger partial charge in [-0.15, -0.1) is 0 Å². The average molecular weight is 447 g/mol. The number of carbonyl (C=O) groups excluding carboxylic acids is 1. The summed E-state index contributed by atoms with van der Waals surface area (Å²) < 4.78 is 12.3. The van der Waals surface area contributed by atoms with Crippen LogP contribution < -0.4 is 19.6 Å². The van der Waals surface area contributed by atoms with Gasteiger partial charge in [-0.1, -0.05) is 66.0 Å². The molecule has 7 heteroatoms. The number of ether oxygens (including phenoxy) is 2. The van der Waals surface area contributed by atoms with E-state index in [1.165, 1.54) is 18.4 Å². The molecule has 0 saturated carbocycles. The molecule has 0 fully saturated rings. The second-order valence-corrected chi connectivity index (χ2v) is 8.17. The van der Waals surface area contributed by atoms with E-state index in [2.05, 4.69) is 4.99 Å². The van der Waals surface area contributed by atoms with Gasteiger partial charge >= 0.3 is 5.97 Å². The maximum absolute atomic E-state index is 13.4. The molecule has 1 aromatic heterocycles. The largest absolute Gasteiger partial charge is 0.497 e. The summed E-state index contributed by atoms with van der Waals surface area (Å²) in [6, 6.07) is 16.5. The number of allylic oxidation sites excluding steroid dienone is 2. The smallest absolute Gasteiger partial charge is 0.338 e. The van der Waals surface area contributed by atoms with Gasteiger partial charge in [-0.3, -0.25) is 9.36 Å². The van der Waals surface area contributed by atoms with Crippen molar-refractivity contribution in [2.24, 2.45) is 4.99 Å². The molecule has 0 aliphatic carbocycles.